The van der Waals surface area contributed by atoms with E-state index in [2.05, 4.69) is 10.3 Å². The second-order valence-electron chi connectivity index (χ2n) is 8.50. The quantitative estimate of drug-likeness (QED) is 0.456. The molecule has 2 amide bonds. The lowest BCUT2D eigenvalue weighted by Gasteiger charge is -2.31. The van der Waals surface area contributed by atoms with E-state index in [0.29, 0.717) is 46.8 Å². The van der Waals surface area contributed by atoms with Gasteiger partial charge in [-0.25, -0.2) is 13.4 Å². The van der Waals surface area contributed by atoms with E-state index in [-0.39, 0.29) is 22.6 Å². The van der Waals surface area contributed by atoms with Gasteiger partial charge in [-0.3, -0.25) is 9.59 Å². The van der Waals surface area contributed by atoms with Crippen molar-refractivity contribution in [3.05, 3.63) is 66.2 Å². The van der Waals surface area contributed by atoms with Crippen LogP contribution in [0.15, 0.2) is 65.6 Å². The van der Waals surface area contributed by atoms with Crippen LogP contribution >= 0.6 is 11.3 Å². The van der Waals surface area contributed by atoms with Crippen LogP contribution in [0.4, 0.5) is 5.13 Å². The predicted molar refractivity (Wildman–Crippen MR) is 134 cm³/mol. The molecule has 0 bridgehead atoms. The van der Waals surface area contributed by atoms with Crippen LogP contribution in [0.2, 0.25) is 0 Å². The molecule has 1 aliphatic rings. The molecule has 9 heteroatoms. The average Bonchev–Trinajstić information content (AvgIpc) is 3.24. The highest BCUT2D eigenvalue weighted by atomic mass is 32.2. The molecule has 5 rings (SSSR count). The summed E-state index contributed by atoms with van der Waals surface area (Å²) >= 11 is 1.25. The van der Waals surface area contributed by atoms with Crippen molar-refractivity contribution in [2.75, 3.05) is 24.7 Å². The number of likely N-dealkylation sites (tertiary alicyclic amines) is 1. The van der Waals surface area contributed by atoms with E-state index in [1.165, 1.54) is 17.4 Å². The number of sulfone groups is 1. The monoisotopic (exact) mass is 493 g/mol. The average molecular weight is 494 g/mol. The highest BCUT2D eigenvalue weighted by Gasteiger charge is 2.29. The third-order valence-electron chi connectivity index (χ3n) is 6.19. The van der Waals surface area contributed by atoms with Crippen molar-refractivity contribution >= 4 is 59.1 Å². The fraction of sp³-hybridized carbons (Fsp3) is 0.240. The summed E-state index contributed by atoms with van der Waals surface area (Å²) in [6.45, 7) is 1.02. The summed E-state index contributed by atoms with van der Waals surface area (Å²) in [6, 6.07) is 18.3. The van der Waals surface area contributed by atoms with E-state index in [0.717, 1.165) is 17.0 Å². The number of carbonyl (C=O) groups is 2. The summed E-state index contributed by atoms with van der Waals surface area (Å²) in [5.41, 5.74) is 1.33. The number of benzene rings is 3. The molecule has 1 fully saturated rings. The fourth-order valence-corrected chi connectivity index (χ4v) is 5.95. The number of thiazole rings is 1. The van der Waals surface area contributed by atoms with Crippen LogP contribution < -0.4 is 5.32 Å². The highest BCUT2D eigenvalue weighted by Crippen LogP contribution is 2.30. The van der Waals surface area contributed by atoms with E-state index in [1.54, 1.807) is 12.1 Å². The topological polar surface area (TPSA) is 96.4 Å². The molecule has 0 saturated carbocycles. The molecule has 7 nitrogen and oxygen atoms in total. The summed E-state index contributed by atoms with van der Waals surface area (Å²) < 4.78 is 24.3. The number of aromatic nitrogens is 1. The number of piperidine rings is 1. The number of fused-ring (bicyclic) bond motifs is 2. The maximum Gasteiger partial charge on any atom is 0.254 e. The minimum absolute atomic E-state index is 0.0106. The Hall–Kier alpha value is -3.30. The van der Waals surface area contributed by atoms with E-state index >= 15 is 0 Å². The minimum atomic E-state index is -3.31. The minimum Gasteiger partial charge on any atom is -0.339 e. The summed E-state index contributed by atoms with van der Waals surface area (Å²) in [6.07, 6.45) is 2.31. The van der Waals surface area contributed by atoms with Gasteiger partial charge in [0, 0.05) is 30.8 Å². The van der Waals surface area contributed by atoms with Crippen molar-refractivity contribution in [3.8, 4) is 0 Å². The first-order valence-corrected chi connectivity index (χ1v) is 13.7. The third-order valence-corrected chi connectivity index (χ3v) is 8.24. The first kappa shape index (κ1) is 22.5. The number of hydrogen-bond acceptors (Lipinski definition) is 6. The SMILES string of the molecule is CS(=O)(=O)c1ccc2nc(NC(=O)C3CCN(C(=O)c4cccc5ccccc45)CC3)sc2c1. The van der Waals surface area contributed by atoms with E-state index in [1.807, 2.05) is 47.4 Å². The molecule has 0 radical (unpaired) electrons. The molecule has 0 aliphatic carbocycles. The van der Waals surface area contributed by atoms with Crippen LogP contribution in [0.3, 0.4) is 0 Å². The van der Waals surface area contributed by atoms with Crippen molar-refractivity contribution in [2.24, 2.45) is 5.92 Å². The Kier molecular flexibility index (Phi) is 5.83. The second kappa shape index (κ2) is 8.81. The number of nitrogens with one attached hydrogen (secondary N) is 1. The Morgan fingerprint density at radius 1 is 1.03 bits per heavy atom. The number of amides is 2. The first-order chi connectivity index (χ1) is 16.3. The van der Waals surface area contributed by atoms with Gasteiger partial charge in [0.15, 0.2) is 15.0 Å². The van der Waals surface area contributed by atoms with Gasteiger partial charge in [-0.2, -0.15) is 0 Å². The summed E-state index contributed by atoms with van der Waals surface area (Å²) in [5, 5.41) is 5.28. The molecule has 0 unspecified atom stereocenters. The Balaban J connectivity index is 1.24. The van der Waals surface area contributed by atoms with Gasteiger partial charge in [-0.05, 0) is 47.9 Å². The zero-order chi connectivity index (χ0) is 23.9. The van der Waals surface area contributed by atoms with Gasteiger partial charge in [0.2, 0.25) is 5.91 Å². The number of hydrogen-bond donors (Lipinski definition) is 1. The molecule has 1 aromatic heterocycles. The van der Waals surface area contributed by atoms with Gasteiger partial charge in [-0.15, -0.1) is 0 Å². The van der Waals surface area contributed by atoms with Crippen LogP contribution in [0.1, 0.15) is 23.2 Å². The lowest BCUT2D eigenvalue weighted by Crippen LogP contribution is -2.41. The second-order valence-corrected chi connectivity index (χ2v) is 11.5. The first-order valence-electron chi connectivity index (χ1n) is 11.0. The van der Waals surface area contributed by atoms with Crippen LogP contribution in [0, 0.1) is 5.92 Å². The van der Waals surface area contributed by atoms with Crippen LogP contribution in [0.25, 0.3) is 21.0 Å². The Bertz CT molecular complexity index is 1510. The third kappa shape index (κ3) is 4.41. The summed E-state index contributed by atoms with van der Waals surface area (Å²) in [5.74, 6) is -0.349. The van der Waals surface area contributed by atoms with Crippen LogP contribution in [0.5, 0.6) is 0 Å². The van der Waals surface area contributed by atoms with Gasteiger partial charge in [0.1, 0.15) is 0 Å². The zero-order valence-corrected chi connectivity index (χ0v) is 20.2. The molecule has 1 N–H and O–H groups in total. The molecule has 0 atom stereocenters. The molecule has 4 aromatic rings. The van der Waals surface area contributed by atoms with Crippen LogP contribution in [-0.4, -0.2) is 49.5 Å². The Morgan fingerprint density at radius 2 is 1.76 bits per heavy atom. The number of carbonyl (C=O) groups excluding carboxylic acids is 2. The molecule has 2 heterocycles. The highest BCUT2D eigenvalue weighted by molar-refractivity contribution is 7.90. The number of nitrogens with zero attached hydrogens (tertiary/aromatic N) is 2. The van der Waals surface area contributed by atoms with Crippen molar-refractivity contribution in [1.82, 2.24) is 9.88 Å². The Labute approximate surface area is 201 Å². The van der Waals surface area contributed by atoms with E-state index in [9.17, 15) is 18.0 Å². The lowest BCUT2D eigenvalue weighted by molar-refractivity contribution is -0.121. The molecule has 34 heavy (non-hydrogen) atoms. The van der Waals surface area contributed by atoms with Crippen molar-refractivity contribution in [3.63, 3.8) is 0 Å². The van der Waals surface area contributed by atoms with E-state index < -0.39 is 9.84 Å². The summed E-state index contributed by atoms with van der Waals surface area (Å²) in [7, 11) is -3.31. The predicted octanol–water partition coefficient (Wildman–Crippen LogP) is 4.34. The number of rotatable bonds is 4. The molecular formula is C25H23N3O4S2. The van der Waals surface area contributed by atoms with Crippen molar-refractivity contribution in [1.29, 1.82) is 0 Å². The maximum absolute atomic E-state index is 13.2. The molecule has 0 spiro atoms. The molecular weight excluding hydrogens is 470 g/mol. The molecule has 1 aliphatic heterocycles. The normalized spacial score (nSPS) is 15.0. The van der Waals surface area contributed by atoms with Gasteiger partial charge in [-0.1, -0.05) is 47.7 Å². The largest absolute Gasteiger partial charge is 0.339 e. The van der Waals surface area contributed by atoms with Gasteiger partial charge < -0.3 is 10.2 Å². The van der Waals surface area contributed by atoms with Crippen molar-refractivity contribution < 1.29 is 18.0 Å². The van der Waals surface area contributed by atoms with Gasteiger partial charge in [0.25, 0.3) is 5.91 Å². The molecule has 3 aromatic carbocycles. The molecule has 1 saturated heterocycles. The van der Waals surface area contributed by atoms with E-state index in [4.69, 9.17) is 0 Å². The summed E-state index contributed by atoms with van der Waals surface area (Å²) in [4.78, 5) is 32.5. The fourth-order valence-electron chi connectivity index (χ4n) is 4.32. The Morgan fingerprint density at radius 3 is 2.53 bits per heavy atom. The van der Waals surface area contributed by atoms with Gasteiger partial charge in [0.05, 0.1) is 15.1 Å². The van der Waals surface area contributed by atoms with Crippen LogP contribution in [-0.2, 0) is 14.6 Å². The smallest absolute Gasteiger partial charge is 0.254 e. The number of anilines is 1. The standard InChI is InChI=1S/C25H23N3O4S2/c1-34(31,32)18-9-10-21-22(15-18)33-25(26-21)27-23(29)17-11-13-28(14-12-17)24(30)20-8-4-6-16-5-2-3-7-19(16)20/h2-10,15,17H,11-14H2,1H3,(H,26,27,29). The van der Waals surface area contributed by atoms with Gasteiger partial charge >= 0.3 is 0 Å². The zero-order valence-electron chi connectivity index (χ0n) is 18.5. The maximum atomic E-state index is 13.2. The molecule has 174 valence electrons. The van der Waals surface area contributed by atoms with Crippen molar-refractivity contribution in [2.45, 2.75) is 17.7 Å². The lowest BCUT2D eigenvalue weighted by atomic mass is 9.95.